The molecule has 1 unspecified atom stereocenters. The van der Waals surface area contributed by atoms with Gasteiger partial charge in [0.1, 0.15) is 12.2 Å². The lowest BCUT2D eigenvalue weighted by Crippen LogP contribution is -2.55. The van der Waals surface area contributed by atoms with Crippen molar-refractivity contribution in [1.82, 2.24) is 9.88 Å². The number of carbonyl (C=O) groups is 1. The number of nitrogens with two attached hydrogens (primary N) is 1. The molecule has 0 spiro atoms. The summed E-state index contributed by atoms with van der Waals surface area (Å²) in [4.78, 5) is 12.1. The Labute approximate surface area is 116 Å². The van der Waals surface area contributed by atoms with Gasteiger partial charge in [0, 0.05) is 12.7 Å². The van der Waals surface area contributed by atoms with E-state index in [1.165, 1.54) is 18.3 Å². The summed E-state index contributed by atoms with van der Waals surface area (Å²) in [5.41, 5.74) is 4.96. The van der Waals surface area contributed by atoms with E-state index < -0.39 is 24.2 Å². The Kier molecular flexibility index (Phi) is 4.86. The van der Waals surface area contributed by atoms with Crippen molar-refractivity contribution in [1.29, 1.82) is 0 Å². The summed E-state index contributed by atoms with van der Waals surface area (Å²) in [7, 11) is 0. The van der Waals surface area contributed by atoms with E-state index in [9.17, 15) is 18.0 Å². The standard InChI is InChI=1S/C13H20F3N3O/c1-9(2)12(3,7-17)18-11(20)10-5-4-6-19(10)8-13(14,15)16/h4-6,9H,7-8,17H2,1-3H3,(H,18,20). The fourth-order valence-electron chi connectivity index (χ4n) is 1.71. The number of amides is 1. The SMILES string of the molecule is CC(C)C(C)(CN)NC(=O)c1cccn1CC(F)(F)F. The quantitative estimate of drug-likeness (QED) is 0.873. The molecule has 3 N–H and O–H groups in total. The molecule has 0 aliphatic heterocycles. The lowest BCUT2D eigenvalue weighted by molar-refractivity contribution is -0.140. The van der Waals surface area contributed by atoms with Gasteiger partial charge in [-0.05, 0) is 25.0 Å². The lowest BCUT2D eigenvalue weighted by Gasteiger charge is -2.33. The van der Waals surface area contributed by atoms with Gasteiger partial charge in [-0.15, -0.1) is 0 Å². The van der Waals surface area contributed by atoms with Crippen LogP contribution in [-0.2, 0) is 6.54 Å². The highest BCUT2D eigenvalue weighted by atomic mass is 19.4. The lowest BCUT2D eigenvalue weighted by atomic mass is 9.88. The summed E-state index contributed by atoms with van der Waals surface area (Å²) >= 11 is 0. The monoisotopic (exact) mass is 291 g/mol. The average Bonchev–Trinajstić information content (AvgIpc) is 2.74. The Balaban J connectivity index is 2.91. The number of aromatic nitrogens is 1. The van der Waals surface area contributed by atoms with Crippen molar-refractivity contribution in [2.45, 2.75) is 39.0 Å². The first-order valence-electron chi connectivity index (χ1n) is 6.33. The van der Waals surface area contributed by atoms with E-state index in [1.54, 1.807) is 6.92 Å². The van der Waals surface area contributed by atoms with Crippen molar-refractivity contribution in [2.75, 3.05) is 6.54 Å². The van der Waals surface area contributed by atoms with Crippen LogP contribution in [0, 0.1) is 5.92 Å². The zero-order valence-corrected chi connectivity index (χ0v) is 11.8. The van der Waals surface area contributed by atoms with Gasteiger partial charge >= 0.3 is 6.18 Å². The van der Waals surface area contributed by atoms with Gasteiger partial charge in [0.2, 0.25) is 0 Å². The zero-order valence-electron chi connectivity index (χ0n) is 11.8. The number of rotatable bonds is 5. The summed E-state index contributed by atoms with van der Waals surface area (Å²) in [6.45, 7) is 4.57. The van der Waals surface area contributed by atoms with Crippen molar-refractivity contribution in [3.05, 3.63) is 24.0 Å². The predicted octanol–water partition coefficient (Wildman–Crippen LogP) is 2.15. The van der Waals surface area contributed by atoms with Crippen LogP contribution < -0.4 is 11.1 Å². The molecule has 1 amide bonds. The maximum atomic E-state index is 12.4. The number of hydrogen-bond acceptors (Lipinski definition) is 2. The summed E-state index contributed by atoms with van der Waals surface area (Å²) < 4.78 is 38.1. The van der Waals surface area contributed by atoms with Crippen LogP contribution in [0.25, 0.3) is 0 Å². The second-order valence-corrected chi connectivity index (χ2v) is 5.37. The van der Waals surface area contributed by atoms with E-state index in [1.807, 2.05) is 13.8 Å². The van der Waals surface area contributed by atoms with Crippen LogP contribution in [0.1, 0.15) is 31.3 Å². The molecule has 0 fully saturated rings. The first kappa shape index (κ1) is 16.6. The van der Waals surface area contributed by atoms with Crippen LogP contribution in [0.5, 0.6) is 0 Å². The number of nitrogens with zero attached hydrogens (tertiary/aromatic N) is 1. The van der Waals surface area contributed by atoms with Gasteiger partial charge in [-0.25, -0.2) is 0 Å². The molecule has 0 aromatic carbocycles. The van der Waals surface area contributed by atoms with Crippen LogP contribution in [0.15, 0.2) is 18.3 Å². The van der Waals surface area contributed by atoms with Crippen molar-refractivity contribution < 1.29 is 18.0 Å². The highest BCUT2D eigenvalue weighted by Crippen LogP contribution is 2.20. The largest absolute Gasteiger partial charge is 0.406 e. The van der Waals surface area contributed by atoms with Crippen LogP contribution in [0.3, 0.4) is 0 Å². The van der Waals surface area contributed by atoms with Crippen LogP contribution in [0.4, 0.5) is 13.2 Å². The number of hydrogen-bond donors (Lipinski definition) is 2. The van der Waals surface area contributed by atoms with Gasteiger partial charge < -0.3 is 15.6 Å². The smallest absolute Gasteiger partial charge is 0.344 e. The fourth-order valence-corrected chi connectivity index (χ4v) is 1.71. The van der Waals surface area contributed by atoms with Crippen molar-refractivity contribution in [2.24, 2.45) is 11.7 Å². The van der Waals surface area contributed by atoms with Gasteiger partial charge in [-0.2, -0.15) is 13.2 Å². The van der Waals surface area contributed by atoms with E-state index in [0.717, 1.165) is 4.57 Å². The van der Waals surface area contributed by atoms with E-state index in [-0.39, 0.29) is 18.2 Å². The maximum Gasteiger partial charge on any atom is 0.406 e. The minimum atomic E-state index is -4.37. The molecule has 4 nitrogen and oxygen atoms in total. The molecule has 0 saturated carbocycles. The fraction of sp³-hybridized carbons (Fsp3) is 0.615. The summed E-state index contributed by atoms with van der Waals surface area (Å²) in [6, 6.07) is 2.77. The Hall–Kier alpha value is -1.50. The van der Waals surface area contributed by atoms with Gasteiger partial charge in [0.15, 0.2) is 0 Å². The Morgan fingerprint density at radius 2 is 2.05 bits per heavy atom. The molecule has 0 saturated heterocycles. The first-order chi connectivity index (χ1) is 9.09. The molecule has 7 heteroatoms. The zero-order chi connectivity index (χ0) is 15.6. The number of alkyl halides is 3. The molecule has 1 rings (SSSR count). The third-order valence-electron chi connectivity index (χ3n) is 3.51. The highest BCUT2D eigenvalue weighted by Gasteiger charge is 2.32. The van der Waals surface area contributed by atoms with E-state index in [4.69, 9.17) is 5.73 Å². The van der Waals surface area contributed by atoms with Gasteiger partial charge in [-0.3, -0.25) is 4.79 Å². The second-order valence-electron chi connectivity index (χ2n) is 5.37. The molecule has 20 heavy (non-hydrogen) atoms. The Morgan fingerprint density at radius 1 is 1.45 bits per heavy atom. The van der Waals surface area contributed by atoms with E-state index in [0.29, 0.717) is 0 Å². The summed E-state index contributed by atoms with van der Waals surface area (Å²) in [5.74, 6) is -0.497. The molecule has 1 heterocycles. The van der Waals surface area contributed by atoms with E-state index in [2.05, 4.69) is 5.32 Å². The molecule has 1 atom stereocenters. The Morgan fingerprint density at radius 3 is 2.50 bits per heavy atom. The molecule has 0 aliphatic rings. The predicted molar refractivity (Wildman–Crippen MR) is 70.3 cm³/mol. The van der Waals surface area contributed by atoms with Crippen molar-refractivity contribution >= 4 is 5.91 Å². The molecule has 0 aliphatic carbocycles. The van der Waals surface area contributed by atoms with Crippen molar-refractivity contribution in [3.63, 3.8) is 0 Å². The molecule has 0 radical (unpaired) electrons. The number of carbonyl (C=O) groups excluding carboxylic acids is 1. The first-order valence-corrected chi connectivity index (χ1v) is 6.33. The second kappa shape index (κ2) is 5.87. The molecule has 1 aromatic heterocycles. The topological polar surface area (TPSA) is 60.0 Å². The van der Waals surface area contributed by atoms with Gasteiger partial charge in [0.25, 0.3) is 5.91 Å². The Bertz CT molecular complexity index is 468. The molecular formula is C13H20F3N3O. The minimum Gasteiger partial charge on any atom is -0.344 e. The third kappa shape index (κ3) is 4.00. The van der Waals surface area contributed by atoms with Gasteiger partial charge in [0.05, 0.1) is 5.54 Å². The normalized spacial score (nSPS) is 15.2. The highest BCUT2D eigenvalue weighted by molar-refractivity contribution is 5.93. The van der Waals surface area contributed by atoms with Crippen molar-refractivity contribution in [3.8, 4) is 0 Å². The minimum absolute atomic E-state index is 0.0253. The van der Waals surface area contributed by atoms with E-state index >= 15 is 0 Å². The summed E-state index contributed by atoms with van der Waals surface area (Å²) in [5, 5.41) is 2.72. The number of nitrogens with one attached hydrogen (secondary N) is 1. The maximum absolute atomic E-state index is 12.4. The van der Waals surface area contributed by atoms with Crippen LogP contribution in [-0.4, -0.2) is 28.7 Å². The molecular weight excluding hydrogens is 271 g/mol. The molecule has 1 aromatic rings. The molecule has 114 valence electrons. The average molecular weight is 291 g/mol. The summed E-state index contributed by atoms with van der Waals surface area (Å²) in [6.07, 6.45) is -3.14. The van der Waals surface area contributed by atoms with Gasteiger partial charge in [-0.1, -0.05) is 13.8 Å². The van der Waals surface area contributed by atoms with Crippen LogP contribution >= 0.6 is 0 Å². The number of halogens is 3. The van der Waals surface area contributed by atoms with Crippen LogP contribution in [0.2, 0.25) is 0 Å². The molecule has 0 bridgehead atoms. The third-order valence-corrected chi connectivity index (χ3v) is 3.51.